The van der Waals surface area contributed by atoms with Gasteiger partial charge in [0.25, 0.3) is 0 Å². The molecular weight excluding hydrogens is 381 g/mol. The van der Waals surface area contributed by atoms with Crippen LogP contribution in [0.1, 0.15) is 11.4 Å². The number of fused-ring (bicyclic) bond motifs is 1. The number of nitrogen functional groups attached to an aromatic ring is 1. The maximum Gasteiger partial charge on any atom is 0.239 e. The smallest absolute Gasteiger partial charge is 0.239 e. The van der Waals surface area contributed by atoms with Crippen molar-refractivity contribution in [2.75, 3.05) is 11.1 Å². The highest BCUT2D eigenvalue weighted by molar-refractivity contribution is 6.30. The minimum atomic E-state index is -0.757. The van der Waals surface area contributed by atoms with E-state index in [0.29, 0.717) is 33.1 Å². The van der Waals surface area contributed by atoms with Crippen molar-refractivity contribution in [3.63, 3.8) is 0 Å². The van der Waals surface area contributed by atoms with Gasteiger partial charge in [0.05, 0.1) is 22.7 Å². The second kappa shape index (κ2) is 6.79. The van der Waals surface area contributed by atoms with Gasteiger partial charge in [-0.25, -0.2) is 4.98 Å². The van der Waals surface area contributed by atoms with Gasteiger partial charge in [-0.1, -0.05) is 11.6 Å². The first-order valence-electron chi connectivity index (χ1n) is 8.21. The monoisotopic (exact) mass is 393 g/mol. The van der Waals surface area contributed by atoms with Gasteiger partial charge in [0.1, 0.15) is 5.82 Å². The van der Waals surface area contributed by atoms with E-state index >= 15 is 0 Å². The summed E-state index contributed by atoms with van der Waals surface area (Å²) in [6.45, 7) is 1.77. The van der Waals surface area contributed by atoms with Crippen molar-refractivity contribution < 1.29 is 4.39 Å². The van der Waals surface area contributed by atoms with E-state index in [1.807, 2.05) is 0 Å². The normalized spacial score (nSPS) is 10.8. The van der Waals surface area contributed by atoms with Crippen LogP contribution >= 0.6 is 11.6 Å². The second-order valence-electron chi connectivity index (χ2n) is 6.01. The number of aromatic nitrogens is 4. The molecule has 0 atom stereocenters. The predicted octanol–water partition coefficient (Wildman–Crippen LogP) is 4.11. The Morgan fingerprint density at radius 3 is 2.61 bits per heavy atom. The zero-order valence-electron chi connectivity index (χ0n) is 14.6. The van der Waals surface area contributed by atoms with E-state index < -0.39 is 5.82 Å². The molecule has 0 aliphatic rings. The highest BCUT2D eigenvalue weighted by Crippen LogP contribution is 2.26. The average molecular weight is 394 g/mol. The minimum absolute atomic E-state index is 0.0697. The lowest BCUT2D eigenvalue weighted by molar-refractivity contribution is 0.622. The van der Waals surface area contributed by atoms with Gasteiger partial charge in [-0.3, -0.25) is 4.57 Å². The van der Waals surface area contributed by atoms with Gasteiger partial charge >= 0.3 is 0 Å². The van der Waals surface area contributed by atoms with Crippen molar-refractivity contribution >= 4 is 40.0 Å². The number of hydrogen-bond acceptors (Lipinski definition) is 6. The molecule has 28 heavy (non-hydrogen) atoms. The van der Waals surface area contributed by atoms with Crippen LogP contribution in [0.5, 0.6) is 0 Å². The van der Waals surface area contributed by atoms with Gasteiger partial charge in [0, 0.05) is 10.7 Å². The average Bonchev–Trinajstić information content (AvgIpc) is 3.01. The molecule has 0 bridgehead atoms. The topological polar surface area (TPSA) is 105 Å². The second-order valence-corrected chi connectivity index (χ2v) is 6.45. The summed E-state index contributed by atoms with van der Waals surface area (Å²) in [6, 6.07) is 13.9. The lowest BCUT2D eigenvalue weighted by Crippen LogP contribution is -2.10. The van der Waals surface area contributed by atoms with Crippen LogP contribution in [0.25, 0.3) is 17.0 Å². The number of anilines is 3. The highest BCUT2D eigenvalue weighted by atomic mass is 35.5. The third-order valence-electron chi connectivity index (χ3n) is 4.12. The van der Waals surface area contributed by atoms with E-state index in [-0.39, 0.29) is 17.6 Å². The van der Waals surface area contributed by atoms with E-state index in [4.69, 9.17) is 22.6 Å². The summed E-state index contributed by atoms with van der Waals surface area (Å²) < 4.78 is 16.2. The van der Waals surface area contributed by atoms with E-state index in [1.54, 1.807) is 54.0 Å². The first-order chi connectivity index (χ1) is 13.5. The lowest BCUT2D eigenvalue weighted by Gasteiger charge is -2.12. The molecular formula is C19H13ClFN7. The molecule has 0 fully saturated rings. The Hall–Kier alpha value is -3.70. The molecule has 4 aromatic rings. The van der Waals surface area contributed by atoms with Crippen molar-refractivity contribution in [1.82, 2.24) is 19.5 Å². The Bertz CT molecular complexity index is 1240. The van der Waals surface area contributed by atoms with E-state index in [9.17, 15) is 4.39 Å². The molecule has 0 spiro atoms. The molecule has 7 nitrogen and oxygen atoms in total. The third-order valence-corrected chi connectivity index (χ3v) is 4.38. The molecule has 0 radical (unpaired) electrons. The fourth-order valence-corrected chi connectivity index (χ4v) is 2.95. The maximum absolute atomic E-state index is 14.5. The van der Waals surface area contributed by atoms with Gasteiger partial charge in [-0.15, -0.1) is 0 Å². The summed E-state index contributed by atoms with van der Waals surface area (Å²) >= 11 is 5.88. The van der Waals surface area contributed by atoms with Crippen LogP contribution in [0.3, 0.4) is 0 Å². The Morgan fingerprint density at radius 1 is 1.14 bits per heavy atom. The molecule has 0 unspecified atom stereocenters. The summed E-state index contributed by atoms with van der Waals surface area (Å²) in [4.78, 5) is 12.8. The van der Waals surface area contributed by atoms with Gasteiger partial charge in [-0.05, 0) is 49.4 Å². The van der Waals surface area contributed by atoms with E-state index in [1.165, 1.54) is 0 Å². The van der Waals surface area contributed by atoms with Crippen LogP contribution in [0.2, 0.25) is 5.02 Å². The van der Waals surface area contributed by atoms with Crippen molar-refractivity contribution in [2.45, 2.75) is 6.92 Å². The standard InChI is InChI=1S/C19H13ClFN7/c1-10-24-14-8-11(9-22)2-7-15(14)28(10)19-26-17(23)16(21)18(27-19)25-13-5-3-12(20)4-6-13/h2-8H,1H3,(H3,23,25,26,27). The van der Waals surface area contributed by atoms with E-state index in [2.05, 4.69) is 26.3 Å². The first-order valence-corrected chi connectivity index (χ1v) is 8.59. The number of halogens is 2. The largest absolute Gasteiger partial charge is 0.381 e. The number of nitrogens with two attached hydrogens (primary N) is 1. The summed E-state index contributed by atoms with van der Waals surface area (Å²) in [7, 11) is 0. The van der Waals surface area contributed by atoms with Crippen LogP contribution in [0.15, 0.2) is 42.5 Å². The molecule has 4 rings (SSSR count). The number of imidazole rings is 1. The van der Waals surface area contributed by atoms with Crippen LogP contribution < -0.4 is 11.1 Å². The molecule has 3 N–H and O–H groups in total. The van der Waals surface area contributed by atoms with Crippen molar-refractivity contribution in [1.29, 1.82) is 5.26 Å². The summed E-state index contributed by atoms with van der Waals surface area (Å²) in [5, 5.41) is 12.5. The van der Waals surface area contributed by atoms with Crippen molar-refractivity contribution in [2.24, 2.45) is 0 Å². The fraction of sp³-hybridized carbons (Fsp3) is 0.0526. The summed E-state index contributed by atoms with van der Waals surface area (Å²) in [5.41, 5.74) is 8.15. The van der Waals surface area contributed by atoms with Gasteiger partial charge in [0.15, 0.2) is 11.6 Å². The fourth-order valence-electron chi connectivity index (χ4n) is 2.83. The Balaban J connectivity index is 1.84. The summed E-state index contributed by atoms with van der Waals surface area (Å²) in [5.74, 6) is -0.378. The SMILES string of the molecule is Cc1nc2cc(C#N)ccc2n1-c1nc(N)c(F)c(Nc2ccc(Cl)cc2)n1. The quantitative estimate of drug-likeness (QED) is 0.542. The predicted molar refractivity (Wildman–Crippen MR) is 105 cm³/mol. The zero-order valence-corrected chi connectivity index (χ0v) is 15.4. The van der Waals surface area contributed by atoms with Gasteiger partial charge in [-0.2, -0.15) is 19.6 Å². The molecule has 2 heterocycles. The molecule has 9 heteroatoms. The number of rotatable bonds is 3. The molecule has 2 aromatic heterocycles. The number of benzene rings is 2. The number of nitriles is 1. The molecule has 0 saturated heterocycles. The number of hydrogen-bond donors (Lipinski definition) is 2. The van der Waals surface area contributed by atoms with Crippen molar-refractivity contribution in [3.05, 3.63) is 64.7 Å². The van der Waals surface area contributed by atoms with E-state index in [0.717, 1.165) is 0 Å². The Labute approximate surface area is 164 Å². The Kier molecular flexibility index (Phi) is 4.29. The number of nitrogens with one attached hydrogen (secondary N) is 1. The van der Waals surface area contributed by atoms with Crippen LogP contribution in [-0.4, -0.2) is 19.5 Å². The van der Waals surface area contributed by atoms with Gasteiger partial charge < -0.3 is 11.1 Å². The molecule has 138 valence electrons. The van der Waals surface area contributed by atoms with Crippen molar-refractivity contribution in [3.8, 4) is 12.0 Å². The minimum Gasteiger partial charge on any atom is -0.381 e. The Morgan fingerprint density at radius 2 is 1.89 bits per heavy atom. The number of nitrogens with zero attached hydrogens (tertiary/aromatic N) is 5. The maximum atomic E-state index is 14.5. The van der Waals surface area contributed by atoms with Crippen LogP contribution in [-0.2, 0) is 0 Å². The first kappa shape index (κ1) is 17.7. The molecule has 0 saturated carbocycles. The van der Waals surface area contributed by atoms with Crippen LogP contribution in [0, 0.1) is 24.1 Å². The number of aryl methyl sites for hydroxylation is 1. The molecule has 2 aromatic carbocycles. The van der Waals surface area contributed by atoms with Gasteiger partial charge in [0.2, 0.25) is 11.8 Å². The van der Waals surface area contributed by atoms with Crippen LogP contribution in [0.4, 0.5) is 21.7 Å². The summed E-state index contributed by atoms with van der Waals surface area (Å²) in [6.07, 6.45) is 0. The molecule has 0 aliphatic carbocycles. The third kappa shape index (κ3) is 3.08. The highest BCUT2D eigenvalue weighted by Gasteiger charge is 2.17. The lowest BCUT2D eigenvalue weighted by atomic mass is 10.2. The molecule has 0 amide bonds. The zero-order chi connectivity index (χ0) is 19.8. The molecule has 0 aliphatic heterocycles.